The molecule has 0 radical (unpaired) electrons. The number of aromatic nitrogens is 2. The van der Waals surface area contributed by atoms with Crippen molar-refractivity contribution in [1.29, 1.82) is 0 Å². The summed E-state index contributed by atoms with van der Waals surface area (Å²) in [7, 11) is 0. The summed E-state index contributed by atoms with van der Waals surface area (Å²) < 4.78 is 0. The first kappa shape index (κ1) is 11.5. The second-order valence-electron chi connectivity index (χ2n) is 3.49. The minimum atomic E-state index is -0.389. The van der Waals surface area contributed by atoms with E-state index in [4.69, 9.17) is 0 Å². The average Bonchev–Trinajstić information content (AvgIpc) is 2.73. The van der Waals surface area contributed by atoms with Crippen LogP contribution in [0.25, 0.3) is 0 Å². The molecule has 6 heteroatoms. The van der Waals surface area contributed by atoms with Crippen LogP contribution in [0.3, 0.4) is 0 Å². The van der Waals surface area contributed by atoms with Crippen LogP contribution in [0.4, 0.5) is 0 Å². The van der Waals surface area contributed by atoms with Crippen molar-refractivity contribution < 1.29 is 4.79 Å². The van der Waals surface area contributed by atoms with E-state index in [1.54, 1.807) is 0 Å². The maximum atomic E-state index is 11.7. The van der Waals surface area contributed by atoms with E-state index < -0.39 is 0 Å². The molecule has 2 N–H and O–H groups in total. The molecule has 2 rings (SSSR count). The Morgan fingerprint density at radius 1 is 1.59 bits per heavy atom. The third-order valence-corrected chi connectivity index (χ3v) is 3.10. The molecular formula is C11H11N3O2S. The van der Waals surface area contributed by atoms with E-state index >= 15 is 0 Å². The highest BCUT2D eigenvalue weighted by atomic mass is 32.1. The molecule has 0 spiro atoms. The molecular weight excluding hydrogens is 238 g/mol. The van der Waals surface area contributed by atoms with Crippen molar-refractivity contribution in [3.05, 3.63) is 50.3 Å². The van der Waals surface area contributed by atoms with Crippen LogP contribution >= 0.6 is 11.3 Å². The van der Waals surface area contributed by atoms with Gasteiger partial charge >= 0.3 is 0 Å². The normalized spacial score (nSPS) is 10.2. The predicted octanol–water partition coefficient (Wildman–Crippen LogP) is 1.07. The zero-order valence-corrected chi connectivity index (χ0v) is 10.0. The molecule has 2 aromatic rings. The Kier molecular flexibility index (Phi) is 3.34. The summed E-state index contributed by atoms with van der Waals surface area (Å²) >= 11 is 1.48. The van der Waals surface area contributed by atoms with E-state index in [9.17, 15) is 9.59 Å². The van der Waals surface area contributed by atoms with E-state index in [0.29, 0.717) is 6.54 Å². The van der Waals surface area contributed by atoms with Gasteiger partial charge in [0.25, 0.3) is 5.91 Å². The van der Waals surface area contributed by atoms with Crippen molar-refractivity contribution in [3.63, 3.8) is 0 Å². The van der Waals surface area contributed by atoms with Gasteiger partial charge in [0.15, 0.2) is 5.43 Å². The van der Waals surface area contributed by atoms with Crippen LogP contribution in [0.15, 0.2) is 28.6 Å². The van der Waals surface area contributed by atoms with Crippen LogP contribution in [0.5, 0.6) is 0 Å². The Morgan fingerprint density at radius 2 is 2.41 bits per heavy atom. The van der Waals surface area contributed by atoms with Crippen LogP contribution in [0.2, 0.25) is 0 Å². The Balaban J connectivity index is 2.03. The Bertz CT molecular complexity index is 588. The lowest BCUT2D eigenvalue weighted by molar-refractivity contribution is 0.0949. The van der Waals surface area contributed by atoms with Gasteiger partial charge in [-0.15, -0.1) is 11.3 Å². The molecule has 0 bridgehead atoms. The fourth-order valence-electron chi connectivity index (χ4n) is 1.33. The van der Waals surface area contributed by atoms with E-state index in [1.807, 2.05) is 12.3 Å². The molecule has 0 saturated carbocycles. The average molecular weight is 249 g/mol. The van der Waals surface area contributed by atoms with Crippen LogP contribution in [0, 0.1) is 6.92 Å². The second kappa shape index (κ2) is 4.92. The number of amides is 1. The summed E-state index contributed by atoms with van der Waals surface area (Å²) in [5, 5.41) is 5.39. The van der Waals surface area contributed by atoms with Crippen molar-refractivity contribution in [2.45, 2.75) is 13.5 Å². The van der Waals surface area contributed by atoms with Crippen molar-refractivity contribution in [2.24, 2.45) is 0 Å². The number of aryl methyl sites for hydroxylation is 1. The van der Waals surface area contributed by atoms with Crippen molar-refractivity contribution >= 4 is 17.2 Å². The summed E-state index contributed by atoms with van der Waals surface area (Å²) in [5.74, 6) is -0.389. The number of carbonyl (C=O) groups is 1. The van der Waals surface area contributed by atoms with Crippen molar-refractivity contribution in [1.82, 2.24) is 15.3 Å². The monoisotopic (exact) mass is 249 g/mol. The van der Waals surface area contributed by atoms with Crippen LogP contribution in [-0.2, 0) is 6.54 Å². The molecule has 0 saturated heterocycles. The lowest BCUT2D eigenvalue weighted by atomic mass is 10.2. The van der Waals surface area contributed by atoms with Crippen LogP contribution in [0.1, 0.15) is 21.1 Å². The molecule has 0 aliphatic rings. The summed E-state index contributed by atoms with van der Waals surface area (Å²) in [6.45, 7) is 2.23. The standard InChI is InChI=1S/C11H11N3O2S/c1-7-6-17-10(14-7)5-13-11(16)8-4-12-3-2-9(8)15/h2-4,6H,5H2,1H3,(H,12,15)(H,13,16). The maximum Gasteiger partial charge on any atom is 0.257 e. The van der Waals surface area contributed by atoms with Gasteiger partial charge in [-0.25, -0.2) is 4.98 Å². The quantitative estimate of drug-likeness (QED) is 0.854. The molecule has 0 unspecified atom stereocenters. The first-order valence-corrected chi connectivity index (χ1v) is 5.91. The Hall–Kier alpha value is -1.95. The highest BCUT2D eigenvalue weighted by Gasteiger charge is 2.09. The number of hydrogen-bond donors (Lipinski definition) is 2. The molecule has 1 amide bonds. The highest BCUT2D eigenvalue weighted by Crippen LogP contribution is 2.07. The number of rotatable bonds is 3. The van der Waals surface area contributed by atoms with Gasteiger partial charge in [-0.3, -0.25) is 9.59 Å². The Morgan fingerprint density at radius 3 is 3.06 bits per heavy atom. The third kappa shape index (κ3) is 2.79. The number of nitrogens with one attached hydrogen (secondary N) is 2. The topological polar surface area (TPSA) is 74.8 Å². The number of aromatic amines is 1. The van der Waals surface area contributed by atoms with Gasteiger partial charge in [0.1, 0.15) is 10.6 Å². The molecule has 0 aliphatic carbocycles. The van der Waals surface area contributed by atoms with Gasteiger partial charge in [0.05, 0.1) is 6.54 Å². The lowest BCUT2D eigenvalue weighted by Crippen LogP contribution is -2.27. The summed E-state index contributed by atoms with van der Waals surface area (Å²) in [4.78, 5) is 30.0. The number of thiazole rings is 1. The number of nitrogens with zero attached hydrogens (tertiary/aromatic N) is 1. The zero-order chi connectivity index (χ0) is 12.3. The van der Waals surface area contributed by atoms with Gasteiger partial charge in [-0.2, -0.15) is 0 Å². The van der Waals surface area contributed by atoms with Gasteiger partial charge in [0.2, 0.25) is 0 Å². The largest absolute Gasteiger partial charge is 0.367 e. The smallest absolute Gasteiger partial charge is 0.257 e. The van der Waals surface area contributed by atoms with Crippen LogP contribution < -0.4 is 10.7 Å². The number of hydrogen-bond acceptors (Lipinski definition) is 4. The fraction of sp³-hybridized carbons (Fsp3) is 0.182. The summed E-state index contributed by atoms with van der Waals surface area (Å²) in [6, 6.07) is 1.32. The number of carbonyl (C=O) groups excluding carboxylic acids is 1. The molecule has 88 valence electrons. The van der Waals surface area contributed by atoms with Gasteiger partial charge in [-0.05, 0) is 6.92 Å². The number of pyridine rings is 1. The van der Waals surface area contributed by atoms with Crippen LogP contribution in [-0.4, -0.2) is 15.9 Å². The SMILES string of the molecule is Cc1csc(CNC(=O)c2c[nH]ccc2=O)n1. The highest BCUT2D eigenvalue weighted by molar-refractivity contribution is 7.09. The molecule has 5 nitrogen and oxygen atoms in total. The number of H-pyrrole nitrogens is 1. The first-order valence-electron chi connectivity index (χ1n) is 5.03. The van der Waals surface area contributed by atoms with Gasteiger partial charge < -0.3 is 10.3 Å². The molecule has 17 heavy (non-hydrogen) atoms. The predicted molar refractivity (Wildman–Crippen MR) is 65.1 cm³/mol. The van der Waals surface area contributed by atoms with Crippen molar-refractivity contribution in [2.75, 3.05) is 0 Å². The van der Waals surface area contributed by atoms with Crippen molar-refractivity contribution in [3.8, 4) is 0 Å². The lowest BCUT2D eigenvalue weighted by Gasteiger charge is -2.01. The van der Waals surface area contributed by atoms with E-state index in [1.165, 1.54) is 29.8 Å². The maximum absolute atomic E-state index is 11.7. The molecule has 0 atom stereocenters. The Labute approximate surface area is 102 Å². The molecule has 2 heterocycles. The fourth-order valence-corrected chi connectivity index (χ4v) is 2.04. The molecule has 0 aliphatic heterocycles. The third-order valence-electron chi connectivity index (χ3n) is 2.14. The summed E-state index contributed by atoms with van der Waals surface area (Å²) in [5.41, 5.74) is 0.745. The summed E-state index contributed by atoms with van der Waals surface area (Å²) in [6.07, 6.45) is 2.88. The molecule has 0 fully saturated rings. The first-order chi connectivity index (χ1) is 8.16. The minimum absolute atomic E-state index is 0.112. The van der Waals surface area contributed by atoms with Gasteiger partial charge in [0, 0.05) is 29.5 Å². The minimum Gasteiger partial charge on any atom is -0.367 e. The second-order valence-corrected chi connectivity index (χ2v) is 4.43. The van der Waals surface area contributed by atoms with Gasteiger partial charge in [-0.1, -0.05) is 0 Å². The van der Waals surface area contributed by atoms with E-state index in [0.717, 1.165) is 10.7 Å². The molecule has 2 aromatic heterocycles. The van der Waals surface area contributed by atoms with E-state index in [2.05, 4.69) is 15.3 Å². The molecule has 0 aromatic carbocycles. The zero-order valence-electron chi connectivity index (χ0n) is 9.19. The van der Waals surface area contributed by atoms with E-state index in [-0.39, 0.29) is 16.9 Å².